The highest BCUT2D eigenvalue weighted by molar-refractivity contribution is 5.85. The number of hydrogen-bond acceptors (Lipinski definition) is 6. The summed E-state index contributed by atoms with van der Waals surface area (Å²) in [5.74, 6) is -2.12. The molecule has 0 aliphatic heterocycles. The van der Waals surface area contributed by atoms with Gasteiger partial charge in [0.05, 0.1) is 6.61 Å². The van der Waals surface area contributed by atoms with E-state index in [1.54, 1.807) is 0 Å². The van der Waals surface area contributed by atoms with Gasteiger partial charge >= 0.3 is 12.1 Å². The van der Waals surface area contributed by atoms with Gasteiger partial charge in [-0.1, -0.05) is 48.5 Å². The van der Waals surface area contributed by atoms with Gasteiger partial charge in [-0.2, -0.15) is 0 Å². The van der Waals surface area contributed by atoms with Gasteiger partial charge in [0.2, 0.25) is 6.10 Å². The maximum Gasteiger partial charge on any atom is 0.407 e. The van der Waals surface area contributed by atoms with Crippen LogP contribution in [0.1, 0.15) is 24.0 Å². The van der Waals surface area contributed by atoms with Crippen LogP contribution in [0.4, 0.5) is 4.79 Å². The highest BCUT2D eigenvalue weighted by atomic mass is 16.7. The molecule has 1 aliphatic rings. The van der Waals surface area contributed by atoms with Gasteiger partial charge in [0, 0.05) is 13.0 Å². The zero-order valence-electron chi connectivity index (χ0n) is 17.2. The van der Waals surface area contributed by atoms with Crippen molar-refractivity contribution in [1.29, 1.82) is 0 Å². The van der Waals surface area contributed by atoms with Crippen LogP contribution in [0.2, 0.25) is 0 Å². The van der Waals surface area contributed by atoms with Crippen LogP contribution in [-0.2, 0) is 23.9 Å². The van der Waals surface area contributed by atoms with E-state index in [1.807, 2.05) is 54.0 Å². The van der Waals surface area contributed by atoms with Crippen molar-refractivity contribution >= 4 is 18.0 Å². The Balaban J connectivity index is 1.53. The number of carboxylic acid groups (broad SMARTS) is 1. The Labute approximate surface area is 179 Å². The van der Waals surface area contributed by atoms with E-state index in [0.717, 1.165) is 22.3 Å². The summed E-state index contributed by atoms with van der Waals surface area (Å²) in [7, 11) is 1.31. The van der Waals surface area contributed by atoms with E-state index in [-0.39, 0.29) is 19.1 Å². The van der Waals surface area contributed by atoms with Crippen LogP contribution in [-0.4, -0.2) is 55.5 Å². The number of hydroxylamine groups is 1. The normalized spacial score (nSPS) is 14.1. The molecule has 2 amide bonds. The van der Waals surface area contributed by atoms with Gasteiger partial charge in [-0.3, -0.25) is 9.63 Å². The molecule has 9 nitrogen and oxygen atoms in total. The number of aliphatic carboxylic acids is 1. The average Bonchev–Trinajstić information content (AvgIpc) is 3.08. The third-order valence-corrected chi connectivity index (χ3v) is 4.97. The molecule has 164 valence electrons. The maximum absolute atomic E-state index is 12.2. The predicted octanol–water partition coefficient (Wildman–Crippen LogP) is 2.06. The van der Waals surface area contributed by atoms with Crippen LogP contribution in [0.5, 0.6) is 0 Å². The number of benzene rings is 2. The minimum Gasteiger partial charge on any atom is -0.479 e. The molecule has 2 aromatic carbocycles. The first kappa shape index (κ1) is 22.3. The monoisotopic (exact) mass is 428 g/mol. The van der Waals surface area contributed by atoms with E-state index >= 15 is 0 Å². The summed E-state index contributed by atoms with van der Waals surface area (Å²) in [5, 5.41) is 11.4. The molecule has 2 atom stereocenters. The van der Waals surface area contributed by atoms with Crippen LogP contribution < -0.4 is 10.8 Å². The second-order valence-electron chi connectivity index (χ2n) is 7.06. The molecule has 0 bridgehead atoms. The number of rotatable bonds is 9. The maximum atomic E-state index is 12.2. The van der Waals surface area contributed by atoms with Gasteiger partial charge in [0.25, 0.3) is 5.91 Å². The largest absolute Gasteiger partial charge is 0.479 e. The zero-order chi connectivity index (χ0) is 22.4. The summed E-state index contributed by atoms with van der Waals surface area (Å²) in [4.78, 5) is 40.1. The first-order valence-corrected chi connectivity index (χ1v) is 9.71. The molecule has 3 rings (SSSR count). The first-order valence-electron chi connectivity index (χ1n) is 9.71. The Hall–Kier alpha value is -3.43. The molecule has 1 aliphatic carbocycles. The summed E-state index contributed by atoms with van der Waals surface area (Å²) in [6, 6.07) is 14.9. The van der Waals surface area contributed by atoms with E-state index in [1.165, 1.54) is 14.0 Å². The Morgan fingerprint density at radius 2 is 1.61 bits per heavy atom. The molecule has 0 radical (unpaired) electrons. The third kappa shape index (κ3) is 5.19. The molecule has 31 heavy (non-hydrogen) atoms. The molecule has 0 aromatic heterocycles. The SMILES string of the molecule is COCC(ONC(=O)[C@@H](C)NC(=O)OCC1c2ccccc2-c2ccccc21)C(=O)O. The van der Waals surface area contributed by atoms with Gasteiger partial charge in [-0.25, -0.2) is 15.1 Å². The van der Waals surface area contributed by atoms with Crippen molar-refractivity contribution in [2.75, 3.05) is 20.3 Å². The number of nitrogens with one attached hydrogen (secondary N) is 2. The molecule has 0 saturated heterocycles. The van der Waals surface area contributed by atoms with Crippen molar-refractivity contribution in [3.8, 4) is 11.1 Å². The lowest BCUT2D eigenvalue weighted by atomic mass is 9.98. The van der Waals surface area contributed by atoms with Crippen LogP contribution in [0.15, 0.2) is 48.5 Å². The highest BCUT2D eigenvalue weighted by Crippen LogP contribution is 2.44. The number of methoxy groups -OCH3 is 1. The molecule has 0 spiro atoms. The molecule has 0 fully saturated rings. The molecular weight excluding hydrogens is 404 g/mol. The molecule has 1 unspecified atom stereocenters. The van der Waals surface area contributed by atoms with Crippen LogP contribution in [0.25, 0.3) is 11.1 Å². The average molecular weight is 428 g/mol. The number of carbonyl (C=O) groups is 3. The minimum atomic E-state index is -1.37. The molecule has 2 aromatic rings. The summed E-state index contributed by atoms with van der Waals surface area (Å²) in [6.45, 7) is 1.29. The van der Waals surface area contributed by atoms with E-state index in [0.29, 0.717) is 0 Å². The van der Waals surface area contributed by atoms with Crippen molar-refractivity contribution in [1.82, 2.24) is 10.8 Å². The van der Waals surface area contributed by atoms with Crippen LogP contribution >= 0.6 is 0 Å². The molecular formula is C22H24N2O7. The van der Waals surface area contributed by atoms with E-state index in [4.69, 9.17) is 19.4 Å². The van der Waals surface area contributed by atoms with Crippen LogP contribution in [0.3, 0.4) is 0 Å². The Bertz CT molecular complexity index is 917. The number of carbonyl (C=O) groups excluding carboxylic acids is 2. The predicted molar refractivity (Wildman–Crippen MR) is 110 cm³/mol. The van der Waals surface area contributed by atoms with E-state index in [2.05, 4.69) is 5.32 Å². The van der Waals surface area contributed by atoms with Crippen molar-refractivity contribution in [2.24, 2.45) is 0 Å². The summed E-state index contributed by atoms with van der Waals surface area (Å²) in [6.07, 6.45) is -2.13. The lowest BCUT2D eigenvalue weighted by molar-refractivity contribution is -0.165. The molecule has 9 heteroatoms. The molecule has 0 saturated carbocycles. The highest BCUT2D eigenvalue weighted by Gasteiger charge is 2.29. The number of ether oxygens (including phenoxy) is 2. The number of hydrogen-bond donors (Lipinski definition) is 3. The second kappa shape index (κ2) is 10.1. The first-order chi connectivity index (χ1) is 14.9. The van der Waals surface area contributed by atoms with E-state index < -0.39 is 30.1 Å². The summed E-state index contributed by atoms with van der Waals surface area (Å²) >= 11 is 0. The Kier molecular flexibility index (Phi) is 7.22. The van der Waals surface area contributed by atoms with E-state index in [9.17, 15) is 14.4 Å². The summed E-state index contributed by atoms with van der Waals surface area (Å²) in [5.41, 5.74) is 6.39. The number of carboxylic acids is 1. The lowest BCUT2D eigenvalue weighted by Gasteiger charge is -2.18. The van der Waals surface area contributed by atoms with Gasteiger partial charge in [-0.05, 0) is 29.2 Å². The van der Waals surface area contributed by atoms with Gasteiger partial charge in [-0.15, -0.1) is 0 Å². The van der Waals surface area contributed by atoms with Crippen molar-refractivity contribution in [3.63, 3.8) is 0 Å². The van der Waals surface area contributed by atoms with Crippen molar-refractivity contribution < 1.29 is 33.8 Å². The lowest BCUT2D eigenvalue weighted by Crippen LogP contribution is -2.47. The minimum absolute atomic E-state index is 0.101. The third-order valence-electron chi connectivity index (χ3n) is 4.97. The number of amides is 2. The quantitative estimate of drug-likeness (QED) is 0.523. The fourth-order valence-electron chi connectivity index (χ4n) is 3.41. The Morgan fingerprint density at radius 1 is 1.03 bits per heavy atom. The fraction of sp³-hybridized carbons (Fsp3) is 0.318. The zero-order valence-corrected chi connectivity index (χ0v) is 17.2. The van der Waals surface area contributed by atoms with Gasteiger partial charge < -0.3 is 19.9 Å². The second-order valence-corrected chi connectivity index (χ2v) is 7.06. The fourth-order valence-corrected chi connectivity index (χ4v) is 3.41. The van der Waals surface area contributed by atoms with Crippen molar-refractivity contribution in [2.45, 2.75) is 25.0 Å². The van der Waals surface area contributed by atoms with Gasteiger partial charge in [0.1, 0.15) is 12.6 Å². The topological polar surface area (TPSA) is 123 Å². The summed E-state index contributed by atoms with van der Waals surface area (Å²) < 4.78 is 10.1. The number of fused-ring (bicyclic) bond motifs is 3. The van der Waals surface area contributed by atoms with Crippen LogP contribution in [0, 0.1) is 0 Å². The van der Waals surface area contributed by atoms with Gasteiger partial charge in [0.15, 0.2) is 0 Å². The molecule has 3 N–H and O–H groups in total. The standard InChI is InChI=1S/C22H24N2O7/c1-13(20(25)24-31-19(12-29-2)21(26)27)23-22(28)30-11-18-16-9-5-3-7-14(16)15-8-4-6-10-17(15)18/h3-10,13,18-19H,11-12H2,1-2H3,(H,23,28)(H,24,25)(H,26,27)/t13-,19?/m1/s1. The molecule has 0 heterocycles. The van der Waals surface area contributed by atoms with Crippen molar-refractivity contribution in [3.05, 3.63) is 59.7 Å². The smallest absolute Gasteiger partial charge is 0.407 e. The Morgan fingerprint density at radius 3 is 2.16 bits per heavy atom. The number of alkyl carbamates (subject to hydrolysis) is 1.